The fourth-order valence-electron chi connectivity index (χ4n) is 1.36. The molecule has 0 radical (unpaired) electrons. The maximum atomic E-state index is 11.4. The second-order valence-electron chi connectivity index (χ2n) is 3.45. The molecule has 3 heteroatoms. The summed E-state index contributed by atoms with van der Waals surface area (Å²) in [6.45, 7) is 4.15. The van der Waals surface area contributed by atoms with E-state index in [1.165, 1.54) is 0 Å². The Kier molecular flexibility index (Phi) is 4.82. The van der Waals surface area contributed by atoms with E-state index in [2.05, 4.69) is 15.9 Å². The third-order valence-electron chi connectivity index (χ3n) is 2.17. The Morgan fingerprint density at radius 3 is 2.73 bits per heavy atom. The van der Waals surface area contributed by atoms with Crippen molar-refractivity contribution in [1.29, 1.82) is 0 Å². The van der Waals surface area contributed by atoms with Crippen molar-refractivity contribution in [3.63, 3.8) is 0 Å². The van der Waals surface area contributed by atoms with Crippen LogP contribution in [0.15, 0.2) is 28.7 Å². The molecule has 0 aliphatic heterocycles. The number of carbonyl (C=O) groups is 1. The molecule has 1 atom stereocenters. The van der Waals surface area contributed by atoms with Crippen LogP contribution in [0.5, 0.6) is 0 Å². The van der Waals surface area contributed by atoms with E-state index in [0.717, 1.165) is 10.0 Å². The summed E-state index contributed by atoms with van der Waals surface area (Å²) in [4.78, 5) is 11.4. The van der Waals surface area contributed by atoms with E-state index in [9.17, 15) is 4.79 Å². The molecule has 0 aromatic heterocycles. The topological polar surface area (TPSA) is 26.3 Å². The van der Waals surface area contributed by atoms with Gasteiger partial charge in [0.1, 0.15) is 0 Å². The molecule has 0 fully saturated rings. The average Bonchev–Trinajstić information content (AvgIpc) is 2.21. The predicted octanol–water partition coefficient (Wildman–Crippen LogP) is 3.19. The summed E-state index contributed by atoms with van der Waals surface area (Å²) in [7, 11) is 0. The van der Waals surface area contributed by atoms with Gasteiger partial charge in [0.15, 0.2) is 0 Å². The SMILES string of the molecule is CCOC(=O)C(C)Cc1ccccc1Br. The van der Waals surface area contributed by atoms with Crippen LogP contribution in [0.2, 0.25) is 0 Å². The van der Waals surface area contributed by atoms with Crippen LogP contribution in [0.3, 0.4) is 0 Å². The first-order valence-electron chi connectivity index (χ1n) is 5.05. The average molecular weight is 271 g/mol. The van der Waals surface area contributed by atoms with Gasteiger partial charge in [-0.3, -0.25) is 4.79 Å². The van der Waals surface area contributed by atoms with Crippen molar-refractivity contribution in [2.24, 2.45) is 5.92 Å². The van der Waals surface area contributed by atoms with E-state index < -0.39 is 0 Å². The van der Waals surface area contributed by atoms with E-state index in [-0.39, 0.29) is 11.9 Å². The first-order chi connectivity index (χ1) is 7.15. The lowest BCUT2D eigenvalue weighted by molar-refractivity contribution is -0.147. The van der Waals surface area contributed by atoms with Crippen LogP contribution in [-0.2, 0) is 16.0 Å². The smallest absolute Gasteiger partial charge is 0.308 e. The molecule has 1 aromatic rings. The highest BCUT2D eigenvalue weighted by molar-refractivity contribution is 9.10. The monoisotopic (exact) mass is 270 g/mol. The van der Waals surface area contributed by atoms with Gasteiger partial charge in [-0.05, 0) is 25.0 Å². The van der Waals surface area contributed by atoms with Crippen LogP contribution in [-0.4, -0.2) is 12.6 Å². The molecule has 2 nitrogen and oxygen atoms in total. The third kappa shape index (κ3) is 3.67. The fourth-order valence-corrected chi connectivity index (χ4v) is 1.81. The Balaban J connectivity index is 2.62. The Bertz CT molecular complexity index is 336. The maximum absolute atomic E-state index is 11.4. The Hall–Kier alpha value is -0.830. The van der Waals surface area contributed by atoms with Crippen LogP contribution >= 0.6 is 15.9 Å². The maximum Gasteiger partial charge on any atom is 0.308 e. The molecule has 0 amide bonds. The summed E-state index contributed by atoms with van der Waals surface area (Å²) in [5.41, 5.74) is 1.14. The summed E-state index contributed by atoms with van der Waals surface area (Å²) in [6, 6.07) is 7.92. The Morgan fingerprint density at radius 2 is 2.13 bits per heavy atom. The van der Waals surface area contributed by atoms with Crippen LogP contribution in [0, 0.1) is 5.92 Å². The van der Waals surface area contributed by atoms with Crippen molar-refractivity contribution < 1.29 is 9.53 Å². The molecule has 1 aromatic carbocycles. The van der Waals surface area contributed by atoms with Gasteiger partial charge in [-0.25, -0.2) is 0 Å². The molecule has 0 N–H and O–H groups in total. The molecule has 0 spiro atoms. The molecule has 0 heterocycles. The predicted molar refractivity (Wildman–Crippen MR) is 63.6 cm³/mol. The number of rotatable bonds is 4. The molecular weight excluding hydrogens is 256 g/mol. The largest absolute Gasteiger partial charge is 0.466 e. The van der Waals surface area contributed by atoms with Crippen molar-refractivity contribution in [1.82, 2.24) is 0 Å². The minimum Gasteiger partial charge on any atom is -0.466 e. The summed E-state index contributed by atoms with van der Waals surface area (Å²) < 4.78 is 6.00. The highest BCUT2D eigenvalue weighted by Crippen LogP contribution is 2.19. The van der Waals surface area contributed by atoms with Crippen molar-refractivity contribution >= 4 is 21.9 Å². The molecule has 1 rings (SSSR count). The Morgan fingerprint density at radius 1 is 1.47 bits per heavy atom. The van der Waals surface area contributed by atoms with Crippen LogP contribution in [0.25, 0.3) is 0 Å². The van der Waals surface area contributed by atoms with E-state index in [1.54, 1.807) is 0 Å². The molecule has 0 aliphatic carbocycles. The van der Waals surface area contributed by atoms with E-state index in [1.807, 2.05) is 38.1 Å². The zero-order chi connectivity index (χ0) is 11.3. The molecule has 0 bridgehead atoms. The van der Waals surface area contributed by atoms with Gasteiger partial charge in [-0.2, -0.15) is 0 Å². The number of halogens is 1. The number of hydrogen-bond donors (Lipinski definition) is 0. The molecule has 15 heavy (non-hydrogen) atoms. The third-order valence-corrected chi connectivity index (χ3v) is 2.95. The highest BCUT2D eigenvalue weighted by atomic mass is 79.9. The van der Waals surface area contributed by atoms with Gasteiger partial charge in [0.05, 0.1) is 12.5 Å². The van der Waals surface area contributed by atoms with Crippen LogP contribution in [0.1, 0.15) is 19.4 Å². The normalized spacial score (nSPS) is 12.2. The number of esters is 1. The standard InChI is InChI=1S/C12H15BrO2/c1-3-15-12(14)9(2)8-10-6-4-5-7-11(10)13/h4-7,9H,3,8H2,1-2H3. The zero-order valence-corrected chi connectivity index (χ0v) is 10.6. The van der Waals surface area contributed by atoms with Gasteiger partial charge in [0.25, 0.3) is 0 Å². The number of carbonyl (C=O) groups excluding carboxylic acids is 1. The van der Waals surface area contributed by atoms with Crippen LogP contribution in [0.4, 0.5) is 0 Å². The lowest BCUT2D eigenvalue weighted by Crippen LogP contribution is -2.17. The summed E-state index contributed by atoms with van der Waals surface area (Å²) >= 11 is 3.46. The minimum absolute atomic E-state index is 0.0938. The number of ether oxygens (including phenoxy) is 1. The fraction of sp³-hybridized carbons (Fsp3) is 0.417. The molecule has 82 valence electrons. The summed E-state index contributed by atoms with van der Waals surface area (Å²) in [5, 5.41) is 0. The molecule has 1 unspecified atom stereocenters. The number of benzene rings is 1. The van der Waals surface area contributed by atoms with Gasteiger partial charge < -0.3 is 4.74 Å². The molecule has 0 saturated carbocycles. The van der Waals surface area contributed by atoms with Crippen molar-refractivity contribution in [3.05, 3.63) is 34.3 Å². The van der Waals surface area contributed by atoms with Gasteiger partial charge in [-0.15, -0.1) is 0 Å². The molecule has 0 saturated heterocycles. The van der Waals surface area contributed by atoms with Gasteiger partial charge in [0, 0.05) is 4.47 Å². The first kappa shape index (κ1) is 12.2. The second kappa shape index (κ2) is 5.91. The Labute approximate surface area is 98.8 Å². The zero-order valence-electron chi connectivity index (χ0n) is 9.00. The molecular formula is C12H15BrO2. The van der Waals surface area contributed by atoms with E-state index in [4.69, 9.17) is 4.74 Å². The van der Waals surface area contributed by atoms with E-state index in [0.29, 0.717) is 13.0 Å². The first-order valence-corrected chi connectivity index (χ1v) is 5.84. The van der Waals surface area contributed by atoms with Crippen molar-refractivity contribution in [3.8, 4) is 0 Å². The highest BCUT2D eigenvalue weighted by Gasteiger charge is 2.15. The van der Waals surface area contributed by atoms with E-state index >= 15 is 0 Å². The molecule has 0 aliphatic rings. The van der Waals surface area contributed by atoms with Gasteiger partial charge in [-0.1, -0.05) is 41.1 Å². The van der Waals surface area contributed by atoms with Crippen LogP contribution < -0.4 is 0 Å². The lowest BCUT2D eigenvalue weighted by atomic mass is 10.0. The van der Waals surface area contributed by atoms with Gasteiger partial charge in [0.2, 0.25) is 0 Å². The summed E-state index contributed by atoms with van der Waals surface area (Å²) in [5.74, 6) is -0.225. The number of hydrogen-bond acceptors (Lipinski definition) is 2. The van der Waals surface area contributed by atoms with Gasteiger partial charge >= 0.3 is 5.97 Å². The van der Waals surface area contributed by atoms with Crippen molar-refractivity contribution in [2.45, 2.75) is 20.3 Å². The lowest BCUT2D eigenvalue weighted by Gasteiger charge is -2.11. The second-order valence-corrected chi connectivity index (χ2v) is 4.30. The quantitative estimate of drug-likeness (QED) is 0.786. The van der Waals surface area contributed by atoms with Crippen molar-refractivity contribution in [2.75, 3.05) is 6.61 Å². The summed E-state index contributed by atoms with van der Waals surface area (Å²) in [6.07, 6.45) is 0.709. The minimum atomic E-state index is -0.131.